The molecule has 29 heavy (non-hydrogen) atoms. The van der Waals surface area contributed by atoms with E-state index in [1.165, 1.54) is 38.5 Å². The first-order chi connectivity index (χ1) is 14.0. The molecule has 5 nitrogen and oxygen atoms in total. The third kappa shape index (κ3) is 20.8. The maximum absolute atomic E-state index is 5.85. The summed E-state index contributed by atoms with van der Waals surface area (Å²) in [5.74, 6) is 0. The molecule has 0 aliphatic carbocycles. The van der Waals surface area contributed by atoms with Gasteiger partial charge in [0.2, 0.25) is 0 Å². The highest BCUT2D eigenvalue weighted by molar-refractivity contribution is 4.57. The molecule has 0 radical (unpaired) electrons. The molecule has 0 N–H and O–H groups in total. The maximum atomic E-state index is 5.85. The number of rotatable bonds is 22. The first-order valence-corrected chi connectivity index (χ1v) is 12.0. The molecule has 0 aromatic carbocycles. The Morgan fingerprint density at radius 3 is 1.34 bits per heavy atom. The van der Waals surface area contributed by atoms with E-state index in [9.17, 15) is 0 Å². The van der Waals surface area contributed by atoms with Crippen molar-refractivity contribution in [2.45, 2.75) is 117 Å². The fraction of sp³-hybridized carbons (Fsp3) is 1.00. The van der Waals surface area contributed by atoms with Crippen LogP contribution in [0.15, 0.2) is 0 Å². The topological polar surface area (TPSA) is 46.2 Å². The van der Waals surface area contributed by atoms with Crippen molar-refractivity contribution in [1.29, 1.82) is 0 Å². The van der Waals surface area contributed by atoms with E-state index in [4.69, 9.17) is 23.7 Å². The molecule has 176 valence electrons. The van der Waals surface area contributed by atoms with Crippen LogP contribution in [0.2, 0.25) is 0 Å². The third-order valence-electron chi connectivity index (χ3n) is 4.74. The Morgan fingerprint density at radius 1 is 0.448 bits per heavy atom. The van der Waals surface area contributed by atoms with Crippen molar-refractivity contribution in [3.63, 3.8) is 0 Å². The molecule has 4 unspecified atom stereocenters. The van der Waals surface area contributed by atoms with Gasteiger partial charge in [-0.05, 0) is 40.5 Å². The van der Waals surface area contributed by atoms with Gasteiger partial charge in [-0.25, -0.2) is 0 Å². The van der Waals surface area contributed by atoms with E-state index in [0.29, 0.717) is 26.4 Å². The minimum atomic E-state index is 0.0419. The van der Waals surface area contributed by atoms with Crippen LogP contribution in [0.3, 0.4) is 0 Å². The van der Waals surface area contributed by atoms with Gasteiger partial charge < -0.3 is 23.7 Å². The first kappa shape index (κ1) is 28.8. The van der Waals surface area contributed by atoms with E-state index in [-0.39, 0.29) is 24.4 Å². The average Bonchev–Trinajstić information content (AvgIpc) is 2.71. The van der Waals surface area contributed by atoms with Crippen molar-refractivity contribution in [2.24, 2.45) is 0 Å². The van der Waals surface area contributed by atoms with Crippen molar-refractivity contribution < 1.29 is 23.7 Å². The van der Waals surface area contributed by atoms with E-state index in [1.807, 2.05) is 20.8 Å². The predicted molar refractivity (Wildman–Crippen MR) is 121 cm³/mol. The van der Waals surface area contributed by atoms with E-state index >= 15 is 0 Å². The van der Waals surface area contributed by atoms with E-state index < -0.39 is 0 Å². The molecule has 0 aliphatic rings. The number of ether oxygens (including phenoxy) is 5. The Balaban J connectivity index is 3.58. The summed E-state index contributed by atoms with van der Waals surface area (Å²) in [5, 5.41) is 0. The van der Waals surface area contributed by atoms with Crippen LogP contribution < -0.4 is 0 Å². The van der Waals surface area contributed by atoms with Gasteiger partial charge in [-0.2, -0.15) is 0 Å². The van der Waals surface area contributed by atoms with Gasteiger partial charge in [-0.15, -0.1) is 0 Å². The van der Waals surface area contributed by atoms with Crippen molar-refractivity contribution in [1.82, 2.24) is 0 Å². The van der Waals surface area contributed by atoms with Crippen LogP contribution in [0.5, 0.6) is 0 Å². The number of hydrogen-bond acceptors (Lipinski definition) is 5. The van der Waals surface area contributed by atoms with Crippen LogP contribution in [-0.2, 0) is 23.7 Å². The molecule has 0 saturated carbocycles. The van der Waals surface area contributed by atoms with Crippen LogP contribution in [0.1, 0.15) is 92.9 Å². The van der Waals surface area contributed by atoms with Crippen LogP contribution in [0.4, 0.5) is 0 Å². The molecule has 0 heterocycles. The summed E-state index contributed by atoms with van der Waals surface area (Å²) in [7, 11) is 0. The fourth-order valence-corrected chi connectivity index (χ4v) is 2.79. The third-order valence-corrected chi connectivity index (χ3v) is 4.74. The highest BCUT2D eigenvalue weighted by Crippen LogP contribution is 2.05. The Hall–Kier alpha value is -0.200. The maximum Gasteiger partial charge on any atom is 0.0781 e. The Kier molecular flexibility index (Phi) is 20.9. The fourth-order valence-electron chi connectivity index (χ4n) is 2.79. The largest absolute Gasteiger partial charge is 0.379 e. The molecule has 0 aliphatic heterocycles. The normalized spacial score (nSPS) is 15.9. The molecule has 0 bridgehead atoms. The Morgan fingerprint density at radius 2 is 0.862 bits per heavy atom. The molecule has 5 heteroatoms. The summed E-state index contributed by atoms with van der Waals surface area (Å²) in [4.78, 5) is 0. The monoisotopic (exact) mass is 418 g/mol. The SMILES string of the molecule is CCCCCCOCC(C)OCC(C)OCC(C)OCC(C)OCCCCCC. The molecule has 0 spiro atoms. The molecule has 0 aromatic heterocycles. The van der Waals surface area contributed by atoms with Crippen LogP contribution in [0.25, 0.3) is 0 Å². The zero-order chi connectivity index (χ0) is 21.7. The minimum Gasteiger partial charge on any atom is -0.379 e. The standard InChI is InChI=1S/C24H50O5/c1-7-9-11-13-15-25-17-21(3)27-19-23(5)29-20-24(6)28-18-22(4)26-16-14-12-10-8-2/h21-24H,7-20H2,1-6H3. The molecule has 0 saturated heterocycles. The summed E-state index contributed by atoms with van der Waals surface area (Å²) >= 11 is 0. The summed E-state index contributed by atoms with van der Waals surface area (Å²) in [6.07, 6.45) is 10.2. The Labute approximate surface area is 181 Å². The lowest BCUT2D eigenvalue weighted by molar-refractivity contribution is -0.0922. The lowest BCUT2D eigenvalue weighted by atomic mass is 10.2. The van der Waals surface area contributed by atoms with Crippen LogP contribution in [-0.4, -0.2) is 64.1 Å². The quantitative estimate of drug-likeness (QED) is 0.208. The molecule has 0 fully saturated rings. The minimum absolute atomic E-state index is 0.0419. The van der Waals surface area contributed by atoms with Gasteiger partial charge in [0, 0.05) is 13.2 Å². The molecular formula is C24H50O5. The van der Waals surface area contributed by atoms with E-state index in [2.05, 4.69) is 20.8 Å². The highest BCUT2D eigenvalue weighted by atomic mass is 16.6. The van der Waals surface area contributed by atoms with Crippen molar-refractivity contribution in [3.8, 4) is 0 Å². The average molecular weight is 419 g/mol. The second-order valence-corrected chi connectivity index (χ2v) is 8.31. The predicted octanol–water partition coefficient (Wildman–Crippen LogP) is 5.78. The van der Waals surface area contributed by atoms with Crippen molar-refractivity contribution in [3.05, 3.63) is 0 Å². The lowest BCUT2D eigenvalue weighted by Gasteiger charge is -2.21. The van der Waals surface area contributed by atoms with Gasteiger partial charge in [0.15, 0.2) is 0 Å². The second kappa shape index (κ2) is 21.0. The lowest BCUT2D eigenvalue weighted by Crippen LogP contribution is -2.28. The van der Waals surface area contributed by atoms with Gasteiger partial charge in [0.1, 0.15) is 0 Å². The zero-order valence-corrected chi connectivity index (χ0v) is 20.3. The molecule has 0 amide bonds. The molecule has 0 aromatic rings. The molecule has 4 atom stereocenters. The highest BCUT2D eigenvalue weighted by Gasteiger charge is 2.11. The molecule has 0 rings (SSSR count). The van der Waals surface area contributed by atoms with E-state index in [1.54, 1.807) is 0 Å². The van der Waals surface area contributed by atoms with Crippen LogP contribution >= 0.6 is 0 Å². The van der Waals surface area contributed by atoms with E-state index in [0.717, 1.165) is 26.1 Å². The number of hydrogen-bond donors (Lipinski definition) is 0. The van der Waals surface area contributed by atoms with Crippen molar-refractivity contribution in [2.75, 3.05) is 39.6 Å². The molecular weight excluding hydrogens is 368 g/mol. The first-order valence-electron chi connectivity index (χ1n) is 12.0. The Bertz CT molecular complexity index is 326. The van der Waals surface area contributed by atoms with Gasteiger partial charge in [-0.3, -0.25) is 0 Å². The van der Waals surface area contributed by atoms with Gasteiger partial charge >= 0.3 is 0 Å². The van der Waals surface area contributed by atoms with Gasteiger partial charge in [0.05, 0.1) is 50.8 Å². The summed E-state index contributed by atoms with van der Waals surface area (Å²) in [6.45, 7) is 16.7. The zero-order valence-electron chi connectivity index (χ0n) is 20.3. The number of unbranched alkanes of at least 4 members (excludes halogenated alkanes) is 6. The second-order valence-electron chi connectivity index (χ2n) is 8.31. The summed E-state index contributed by atoms with van der Waals surface area (Å²) in [6, 6.07) is 0. The van der Waals surface area contributed by atoms with Crippen LogP contribution in [0, 0.1) is 0 Å². The van der Waals surface area contributed by atoms with Gasteiger partial charge in [-0.1, -0.05) is 52.4 Å². The summed E-state index contributed by atoms with van der Waals surface area (Å²) < 4.78 is 29.0. The smallest absolute Gasteiger partial charge is 0.0781 e. The van der Waals surface area contributed by atoms with Crippen molar-refractivity contribution >= 4 is 0 Å². The van der Waals surface area contributed by atoms with Gasteiger partial charge in [0.25, 0.3) is 0 Å². The summed E-state index contributed by atoms with van der Waals surface area (Å²) in [5.41, 5.74) is 0.